The van der Waals surface area contributed by atoms with Gasteiger partial charge in [-0.2, -0.15) is 0 Å². The number of nitrogens with one attached hydrogen (secondary N) is 1. The molecule has 20 heavy (non-hydrogen) atoms. The Kier molecular flexibility index (Phi) is 5.43. The summed E-state index contributed by atoms with van der Waals surface area (Å²) in [7, 11) is -1.26. The zero-order chi connectivity index (χ0) is 14.6. The second-order valence-corrected chi connectivity index (χ2v) is 7.83. The van der Waals surface area contributed by atoms with Crippen LogP contribution in [0.5, 0.6) is 0 Å². The van der Waals surface area contributed by atoms with E-state index < -0.39 is 9.84 Å². The van der Waals surface area contributed by atoms with Crippen LogP contribution in [0.25, 0.3) is 0 Å². The van der Waals surface area contributed by atoms with Crippen LogP contribution in [-0.4, -0.2) is 52.3 Å². The van der Waals surface area contributed by atoms with Crippen LogP contribution in [0.4, 0.5) is 0 Å². The average Bonchev–Trinajstić information content (AvgIpc) is 2.85. The number of nitrogens with zero attached hydrogens (tertiary/aromatic N) is 1. The van der Waals surface area contributed by atoms with Gasteiger partial charge < -0.3 is 10.2 Å². The number of halogens is 1. The molecule has 1 saturated heterocycles. The van der Waals surface area contributed by atoms with E-state index in [1.54, 1.807) is 24.3 Å². The molecule has 1 unspecified atom stereocenters. The first kappa shape index (κ1) is 15.8. The summed E-state index contributed by atoms with van der Waals surface area (Å²) >= 11 is 5.78. The van der Waals surface area contributed by atoms with E-state index in [0.717, 1.165) is 26.1 Å². The smallest absolute Gasteiger partial charge is 0.179 e. The van der Waals surface area contributed by atoms with E-state index in [2.05, 4.69) is 10.2 Å². The molecule has 0 aromatic heterocycles. The van der Waals surface area contributed by atoms with Crippen LogP contribution in [0.3, 0.4) is 0 Å². The number of hydrogen-bond donors (Lipinski definition) is 1. The minimum Gasteiger partial charge on any atom is -0.319 e. The van der Waals surface area contributed by atoms with Gasteiger partial charge in [0.2, 0.25) is 0 Å². The van der Waals surface area contributed by atoms with Crippen molar-refractivity contribution in [2.75, 3.05) is 39.0 Å². The molecule has 1 fully saturated rings. The van der Waals surface area contributed by atoms with Gasteiger partial charge in [0.25, 0.3) is 0 Å². The van der Waals surface area contributed by atoms with E-state index in [9.17, 15) is 8.42 Å². The number of likely N-dealkylation sites (tertiary alicyclic amines) is 1. The molecular weight excluding hydrogens is 296 g/mol. The van der Waals surface area contributed by atoms with E-state index in [1.807, 2.05) is 7.05 Å². The lowest BCUT2D eigenvalue weighted by Gasteiger charge is -2.16. The molecule has 0 spiro atoms. The van der Waals surface area contributed by atoms with Crippen LogP contribution in [0.1, 0.15) is 6.42 Å². The summed E-state index contributed by atoms with van der Waals surface area (Å²) in [6.07, 6.45) is 1.14. The molecule has 0 saturated carbocycles. The van der Waals surface area contributed by atoms with Crippen molar-refractivity contribution in [3.05, 3.63) is 29.3 Å². The van der Waals surface area contributed by atoms with Gasteiger partial charge in [-0.3, -0.25) is 0 Å². The molecular formula is C14H21ClN2O2S. The zero-order valence-corrected chi connectivity index (χ0v) is 13.3. The van der Waals surface area contributed by atoms with Crippen molar-refractivity contribution in [1.29, 1.82) is 0 Å². The molecule has 1 aromatic carbocycles. The summed E-state index contributed by atoms with van der Waals surface area (Å²) in [6, 6.07) is 6.39. The van der Waals surface area contributed by atoms with Gasteiger partial charge in [-0.25, -0.2) is 8.42 Å². The van der Waals surface area contributed by atoms with E-state index in [-0.39, 0.29) is 5.75 Å². The van der Waals surface area contributed by atoms with Crippen molar-refractivity contribution in [3.8, 4) is 0 Å². The predicted octanol–water partition coefficient (Wildman–Crippen LogP) is 1.66. The van der Waals surface area contributed by atoms with Crippen molar-refractivity contribution in [1.82, 2.24) is 10.2 Å². The zero-order valence-electron chi connectivity index (χ0n) is 11.7. The topological polar surface area (TPSA) is 49.4 Å². The molecule has 1 aliphatic rings. The first-order valence-corrected chi connectivity index (χ1v) is 8.89. The number of sulfone groups is 1. The third-order valence-electron chi connectivity index (χ3n) is 3.71. The number of hydrogen-bond acceptors (Lipinski definition) is 4. The van der Waals surface area contributed by atoms with Crippen LogP contribution >= 0.6 is 11.6 Å². The van der Waals surface area contributed by atoms with Crippen molar-refractivity contribution in [2.45, 2.75) is 11.3 Å². The average molecular weight is 317 g/mol. The van der Waals surface area contributed by atoms with Crippen LogP contribution < -0.4 is 5.32 Å². The molecule has 6 heteroatoms. The molecule has 1 N–H and O–H groups in total. The molecule has 0 amide bonds. The Morgan fingerprint density at radius 1 is 1.35 bits per heavy atom. The molecule has 0 radical (unpaired) electrons. The molecule has 112 valence electrons. The van der Waals surface area contributed by atoms with E-state index >= 15 is 0 Å². The molecule has 1 aliphatic heterocycles. The lowest BCUT2D eigenvalue weighted by molar-refractivity contribution is 0.341. The molecule has 0 bridgehead atoms. The van der Waals surface area contributed by atoms with Crippen molar-refractivity contribution in [3.63, 3.8) is 0 Å². The van der Waals surface area contributed by atoms with Gasteiger partial charge in [-0.15, -0.1) is 0 Å². The summed E-state index contributed by atoms with van der Waals surface area (Å²) in [5.41, 5.74) is 0. The maximum absolute atomic E-state index is 12.2. The van der Waals surface area contributed by atoms with Gasteiger partial charge >= 0.3 is 0 Å². The molecule has 0 aliphatic carbocycles. The van der Waals surface area contributed by atoms with Gasteiger partial charge in [-0.05, 0) is 56.7 Å². The lowest BCUT2D eigenvalue weighted by Crippen LogP contribution is -2.29. The predicted molar refractivity (Wildman–Crippen MR) is 82.0 cm³/mol. The van der Waals surface area contributed by atoms with E-state index in [0.29, 0.717) is 22.4 Å². The summed E-state index contributed by atoms with van der Waals surface area (Å²) in [5, 5.41) is 3.73. The Bertz CT molecular complexity index is 531. The lowest BCUT2D eigenvalue weighted by atomic mass is 10.1. The van der Waals surface area contributed by atoms with Crippen molar-refractivity contribution < 1.29 is 8.42 Å². The van der Waals surface area contributed by atoms with Crippen LogP contribution in [0, 0.1) is 5.92 Å². The highest BCUT2D eigenvalue weighted by Crippen LogP contribution is 2.18. The van der Waals surface area contributed by atoms with Crippen LogP contribution in [-0.2, 0) is 9.84 Å². The van der Waals surface area contributed by atoms with Crippen LogP contribution in [0.15, 0.2) is 29.2 Å². The maximum Gasteiger partial charge on any atom is 0.179 e. The standard InChI is InChI=1S/C14H21ClN2O2S/c1-16-10-12-6-7-17(11-12)8-9-20(18,19)14-4-2-13(15)3-5-14/h2-5,12,16H,6-11H2,1H3. The Labute approximate surface area is 126 Å². The summed E-state index contributed by atoms with van der Waals surface area (Å²) < 4.78 is 24.5. The molecule has 4 nitrogen and oxygen atoms in total. The minimum absolute atomic E-state index is 0.168. The summed E-state index contributed by atoms with van der Waals surface area (Å²) in [5.74, 6) is 0.805. The third kappa shape index (κ3) is 4.19. The Hall–Kier alpha value is -0.620. The molecule has 1 atom stereocenters. The summed E-state index contributed by atoms with van der Waals surface area (Å²) in [6.45, 7) is 3.57. The third-order valence-corrected chi connectivity index (χ3v) is 5.67. The first-order chi connectivity index (χ1) is 9.51. The summed E-state index contributed by atoms with van der Waals surface area (Å²) in [4.78, 5) is 2.59. The second kappa shape index (κ2) is 6.89. The van der Waals surface area contributed by atoms with Gasteiger partial charge in [0, 0.05) is 18.1 Å². The first-order valence-electron chi connectivity index (χ1n) is 6.86. The van der Waals surface area contributed by atoms with Crippen molar-refractivity contribution >= 4 is 21.4 Å². The number of rotatable bonds is 6. The van der Waals surface area contributed by atoms with Gasteiger partial charge in [-0.1, -0.05) is 11.6 Å². The minimum atomic E-state index is -3.21. The fourth-order valence-corrected chi connectivity index (χ4v) is 3.99. The fraction of sp³-hybridized carbons (Fsp3) is 0.571. The molecule has 1 aromatic rings. The molecule has 2 rings (SSSR count). The largest absolute Gasteiger partial charge is 0.319 e. The van der Waals surface area contributed by atoms with Crippen molar-refractivity contribution in [2.24, 2.45) is 5.92 Å². The highest BCUT2D eigenvalue weighted by molar-refractivity contribution is 7.91. The van der Waals surface area contributed by atoms with Crippen LogP contribution in [0.2, 0.25) is 5.02 Å². The highest BCUT2D eigenvalue weighted by Gasteiger charge is 2.23. The Morgan fingerprint density at radius 3 is 2.70 bits per heavy atom. The quantitative estimate of drug-likeness (QED) is 0.867. The van der Waals surface area contributed by atoms with E-state index in [1.165, 1.54) is 0 Å². The normalized spacial score (nSPS) is 20.4. The monoisotopic (exact) mass is 316 g/mol. The second-order valence-electron chi connectivity index (χ2n) is 5.29. The van der Waals surface area contributed by atoms with Gasteiger partial charge in [0.15, 0.2) is 9.84 Å². The SMILES string of the molecule is CNCC1CCN(CCS(=O)(=O)c2ccc(Cl)cc2)C1. The molecule has 1 heterocycles. The highest BCUT2D eigenvalue weighted by atomic mass is 35.5. The maximum atomic E-state index is 12.2. The van der Waals surface area contributed by atoms with Gasteiger partial charge in [0.05, 0.1) is 10.6 Å². The van der Waals surface area contributed by atoms with E-state index in [4.69, 9.17) is 11.6 Å². The fourth-order valence-electron chi connectivity index (χ4n) is 2.58. The Balaban J connectivity index is 1.89. The number of benzene rings is 1. The Morgan fingerprint density at radius 2 is 2.05 bits per heavy atom. The van der Waals surface area contributed by atoms with Gasteiger partial charge in [0.1, 0.15) is 0 Å².